The highest BCUT2D eigenvalue weighted by atomic mass is 16.5. The van der Waals surface area contributed by atoms with Crippen molar-refractivity contribution < 1.29 is 9.84 Å². The summed E-state index contributed by atoms with van der Waals surface area (Å²) in [6, 6.07) is 6.25. The summed E-state index contributed by atoms with van der Waals surface area (Å²) in [6.07, 6.45) is -0.441. The molecular formula is C14H21NO2. The van der Waals surface area contributed by atoms with E-state index >= 15 is 0 Å². The molecule has 0 fully saturated rings. The summed E-state index contributed by atoms with van der Waals surface area (Å²) in [7, 11) is 0. The third-order valence-electron chi connectivity index (χ3n) is 3.46. The summed E-state index contributed by atoms with van der Waals surface area (Å²) in [6.45, 7) is 8.58. The second-order valence-corrected chi connectivity index (χ2v) is 4.59. The van der Waals surface area contributed by atoms with Gasteiger partial charge < -0.3 is 9.84 Å². The van der Waals surface area contributed by atoms with Crippen LogP contribution in [0.3, 0.4) is 0 Å². The van der Waals surface area contributed by atoms with Crippen LogP contribution in [0, 0.1) is 6.92 Å². The highest BCUT2D eigenvalue weighted by molar-refractivity contribution is 5.41. The molecule has 0 spiro atoms. The van der Waals surface area contributed by atoms with Gasteiger partial charge in [0.2, 0.25) is 0 Å². The van der Waals surface area contributed by atoms with E-state index in [2.05, 4.69) is 37.8 Å². The van der Waals surface area contributed by atoms with Crippen LogP contribution in [0.4, 0.5) is 0 Å². The van der Waals surface area contributed by atoms with Crippen molar-refractivity contribution in [2.45, 2.75) is 32.9 Å². The molecule has 0 saturated heterocycles. The molecule has 1 N–H and O–H groups in total. The van der Waals surface area contributed by atoms with Gasteiger partial charge in [-0.05, 0) is 26.1 Å². The molecule has 0 amide bonds. The molecule has 0 aromatic heterocycles. The van der Waals surface area contributed by atoms with E-state index in [1.165, 1.54) is 5.56 Å². The second-order valence-electron chi connectivity index (χ2n) is 4.59. The number of aryl methyl sites for hydroxylation is 1. The first-order valence-corrected chi connectivity index (χ1v) is 6.32. The van der Waals surface area contributed by atoms with Crippen molar-refractivity contribution in [3.05, 3.63) is 29.3 Å². The minimum atomic E-state index is -0.441. The zero-order valence-corrected chi connectivity index (χ0v) is 10.8. The Morgan fingerprint density at radius 3 is 2.71 bits per heavy atom. The van der Waals surface area contributed by atoms with E-state index in [1.54, 1.807) is 0 Å². The molecule has 1 aliphatic heterocycles. The van der Waals surface area contributed by atoms with Gasteiger partial charge in [0.1, 0.15) is 18.5 Å². The molecule has 2 atom stereocenters. The molecule has 3 heteroatoms. The van der Waals surface area contributed by atoms with Crippen LogP contribution in [0.5, 0.6) is 5.75 Å². The minimum Gasteiger partial charge on any atom is -0.490 e. The summed E-state index contributed by atoms with van der Waals surface area (Å²) in [4.78, 5) is 2.28. The quantitative estimate of drug-likeness (QED) is 0.871. The second kappa shape index (κ2) is 5.07. The van der Waals surface area contributed by atoms with E-state index < -0.39 is 6.10 Å². The molecule has 1 heterocycles. The fourth-order valence-corrected chi connectivity index (χ4v) is 2.56. The van der Waals surface area contributed by atoms with Gasteiger partial charge in [-0.3, -0.25) is 4.90 Å². The molecular weight excluding hydrogens is 214 g/mol. The van der Waals surface area contributed by atoms with Gasteiger partial charge in [-0.25, -0.2) is 0 Å². The van der Waals surface area contributed by atoms with E-state index in [1.807, 2.05) is 6.07 Å². The van der Waals surface area contributed by atoms with Crippen LogP contribution in [0.25, 0.3) is 0 Å². The van der Waals surface area contributed by atoms with Crippen molar-refractivity contribution in [2.75, 3.05) is 19.7 Å². The molecule has 1 aliphatic rings. The van der Waals surface area contributed by atoms with Crippen LogP contribution in [0.1, 0.15) is 31.0 Å². The number of hydrogen-bond acceptors (Lipinski definition) is 3. The topological polar surface area (TPSA) is 32.7 Å². The smallest absolute Gasteiger partial charge is 0.124 e. The van der Waals surface area contributed by atoms with Crippen LogP contribution in [-0.2, 0) is 0 Å². The Hall–Kier alpha value is -1.06. The largest absolute Gasteiger partial charge is 0.490 e. The first-order chi connectivity index (χ1) is 8.17. The first-order valence-electron chi connectivity index (χ1n) is 6.32. The van der Waals surface area contributed by atoms with Gasteiger partial charge in [-0.2, -0.15) is 0 Å². The molecule has 17 heavy (non-hydrogen) atoms. The van der Waals surface area contributed by atoms with Crippen LogP contribution in [-0.4, -0.2) is 35.8 Å². The summed E-state index contributed by atoms with van der Waals surface area (Å²) in [5, 5.41) is 10.2. The van der Waals surface area contributed by atoms with E-state index in [-0.39, 0.29) is 6.04 Å². The van der Waals surface area contributed by atoms with Gasteiger partial charge in [-0.15, -0.1) is 0 Å². The lowest BCUT2D eigenvalue weighted by molar-refractivity contribution is 0.00364. The maximum Gasteiger partial charge on any atom is 0.124 e. The molecule has 2 rings (SSSR count). The number of ether oxygens (including phenoxy) is 1. The van der Waals surface area contributed by atoms with Crippen molar-refractivity contribution in [3.63, 3.8) is 0 Å². The Kier molecular flexibility index (Phi) is 3.69. The highest BCUT2D eigenvalue weighted by Gasteiger charge is 2.32. The summed E-state index contributed by atoms with van der Waals surface area (Å²) in [5.41, 5.74) is 2.33. The average Bonchev–Trinajstić information content (AvgIpc) is 2.33. The Bertz CT molecular complexity index is 388. The number of rotatable bonds is 3. The molecule has 94 valence electrons. The average molecular weight is 235 g/mol. The van der Waals surface area contributed by atoms with Gasteiger partial charge in [0.25, 0.3) is 0 Å². The molecule has 1 aromatic carbocycles. The van der Waals surface area contributed by atoms with E-state index in [4.69, 9.17) is 4.74 Å². The molecule has 0 saturated carbocycles. The van der Waals surface area contributed by atoms with Crippen molar-refractivity contribution in [2.24, 2.45) is 0 Å². The molecule has 0 aliphatic carbocycles. The standard InChI is InChI=1S/C14H21NO2/c1-4-15(5-2)14-11-8-10(3)6-7-13(11)17-9-12(14)16/h6-8,12,14,16H,4-5,9H2,1-3H3. The molecule has 0 radical (unpaired) electrons. The number of fused-ring (bicyclic) bond motifs is 1. The number of nitrogens with zero attached hydrogens (tertiary/aromatic N) is 1. The van der Waals surface area contributed by atoms with Gasteiger partial charge in [-0.1, -0.05) is 31.5 Å². The zero-order valence-electron chi connectivity index (χ0n) is 10.8. The number of hydrogen-bond donors (Lipinski definition) is 1. The first kappa shape index (κ1) is 12.4. The predicted molar refractivity (Wildman–Crippen MR) is 68.3 cm³/mol. The fraction of sp³-hybridized carbons (Fsp3) is 0.571. The normalized spacial score (nSPS) is 23.4. The lowest BCUT2D eigenvalue weighted by Gasteiger charge is -2.37. The number of likely N-dealkylation sites (N-methyl/N-ethyl adjacent to an activating group) is 1. The van der Waals surface area contributed by atoms with Crippen molar-refractivity contribution >= 4 is 0 Å². The minimum absolute atomic E-state index is 0.0636. The SMILES string of the molecule is CCN(CC)C1c2cc(C)ccc2OCC1O. The molecule has 1 aromatic rings. The van der Waals surface area contributed by atoms with Gasteiger partial charge >= 0.3 is 0 Å². The van der Waals surface area contributed by atoms with Gasteiger partial charge in [0.05, 0.1) is 6.04 Å². The molecule has 2 unspecified atom stereocenters. The van der Waals surface area contributed by atoms with Gasteiger partial charge in [0.15, 0.2) is 0 Å². The Balaban J connectivity index is 2.41. The summed E-state index contributed by atoms with van der Waals surface area (Å²) < 4.78 is 5.58. The third kappa shape index (κ3) is 2.31. The maximum absolute atomic E-state index is 10.2. The number of benzene rings is 1. The molecule has 3 nitrogen and oxygen atoms in total. The van der Waals surface area contributed by atoms with Crippen LogP contribution < -0.4 is 4.74 Å². The van der Waals surface area contributed by atoms with E-state index in [0.717, 1.165) is 24.4 Å². The lowest BCUT2D eigenvalue weighted by atomic mass is 9.95. The Labute approximate surface area is 103 Å². The van der Waals surface area contributed by atoms with Crippen LogP contribution in [0.15, 0.2) is 18.2 Å². The fourth-order valence-electron chi connectivity index (χ4n) is 2.56. The number of aliphatic hydroxyl groups excluding tert-OH is 1. The van der Waals surface area contributed by atoms with E-state index in [0.29, 0.717) is 6.61 Å². The molecule has 0 bridgehead atoms. The lowest BCUT2D eigenvalue weighted by Crippen LogP contribution is -2.42. The Morgan fingerprint density at radius 1 is 1.35 bits per heavy atom. The van der Waals surface area contributed by atoms with Gasteiger partial charge in [0, 0.05) is 5.56 Å². The van der Waals surface area contributed by atoms with E-state index in [9.17, 15) is 5.11 Å². The highest BCUT2D eigenvalue weighted by Crippen LogP contribution is 2.36. The van der Waals surface area contributed by atoms with Crippen LogP contribution >= 0.6 is 0 Å². The summed E-state index contributed by atoms with van der Waals surface area (Å²) in [5.74, 6) is 0.915. The van der Waals surface area contributed by atoms with Crippen molar-refractivity contribution in [1.82, 2.24) is 4.90 Å². The predicted octanol–water partition coefficient (Wildman–Crippen LogP) is 2.13. The monoisotopic (exact) mass is 235 g/mol. The van der Waals surface area contributed by atoms with Crippen molar-refractivity contribution in [1.29, 1.82) is 0 Å². The zero-order chi connectivity index (χ0) is 12.4. The number of aliphatic hydroxyl groups is 1. The van der Waals surface area contributed by atoms with Crippen LogP contribution in [0.2, 0.25) is 0 Å². The maximum atomic E-state index is 10.2. The van der Waals surface area contributed by atoms with Crippen molar-refractivity contribution in [3.8, 4) is 5.75 Å². The Morgan fingerprint density at radius 2 is 2.06 bits per heavy atom. The summed E-state index contributed by atoms with van der Waals surface area (Å²) >= 11 is 0. The third-order valence-corrected chi connectivity index (χ3v) is 3.46.